The summed E-state index contributed by atoms with van der Waals surface area (Å²) in [5.74, 6) is -0.121. The Morgan fingerprint density at radius 1 is 1.36 bits per heavy atom. The number of nitrogens with one attached hydrogen (secondary N) is 3. The Bertz CT molecular complexity index is 375. The lowest BCUT2D eigenvalue weighted by molar-refractivity contribution is 0.0730. The predicted octanol–water partition coefficient (Wildman–Crippen LogP) is -1.25. The van der Waals surface area contributed by atoms with Gasteiger partial charge in [0.1, 0.15) is 5.69 Å². The minimum absolute atomic E-state index is 0.121. The molecule has 1 amide bonds. The zero-order valence-electron chi connectivity index (χ0n) is 7.67. The van der Waals surface area contributed by atoms with Crippen LogP contribution in [-0.4, -0.2) is 47.0 Å². The summed E-state index contributed by atoms with van der Waals surface area (Å²) in [6.45, 7) is 2.98. The lowest BCUT2D eigenvalue weighted by atomic mass is 10.3. The zero-order valence-corrected chi connectivity index (χ0v) is 7.67. The Morgan fingerprint density at radius 2 is 2.07 bits per heavy atom. The summed E-state index contributed by atoms with van der Waals surface area (Å²) in [7, 11) is 0. The van der Waals surface area contributed by atoms with E-state index in [4.69, 9.17) is 0 Å². The molecule has 76 valence electrons. The van der Waals surface area contributed by atoms with Crippen molar-refractivity contribution in [2.24, 2.45) is 0 Å². The van der Waals surface area contributed by atoms with Crippen molar-refractivity contribution in [2.75, 3.05) is 26.2 Å². The number of imidazole rings is 1. The van der Waals surface area contributed by atoms with Gasteiger partial charge in [-0.05, 0) is 0 Å². The van der Waals surface area contributed by atoms with Crippen molar-refractivity contribution in [1.82, 2.24) is 20.2 Å². The number of aromatic nitrogens is 2. The third kappa shape index (κ3) is 1.69. The fourth-order valence-corrected chi connectivity index (χ4v) is 1.49. The summed E-state index contributed by atoms with van der Waals surface area (Å²) >= 11 is 0. The maximum Gasteiger partial charge on any atom is 0.323 e. The number of rotatable bonds is 1. The molecule has 1 aliphatic heterocycles. The summed E-state index contributed by atoms with van der Waals surface area (Å²) in [5, 5.41) is 3.15. The van der Waals surface area contributed by atoms with Gasteiger partial charge in [-0.3, -0.25) is 4.79 Å². The van der Waals surface area contributed by atoms with Crippen LogP contribution in [0, 0.1) is 0 Å². The molecule has 2 rings (SSSR count). The van der Waals surface area contributed by atoms with Crippen LogP contribution in [0.5, 0.6) is 0 Å². The van der Waals surface area contributed by atoms with Crippen LogP contribution in [0.25, 0.3) is 0 Å². The molecule has 1 saturated heterocycles. The molecule has 0 bridgehead atoms. The first-order valence-corrected chi connectivity index (χ1v) is 4.55. The number of piperazine rings is 1. The lowest BCUT2D eigenvalue weighted by Crippen LogP contribution is -2.46. The van der Waals surface area contributed by atoms with Gasteiger partial charge in [-0.2, -0.15) is 0 Å². The Hall–Kier alpha value is -1.56. The molecule has 1 aromatic heterocycles. The molecule has 1 aromatic rings. The molecule has 0 atom stereocenters. The lowest BCUT2D eigenvalue weighted by Gasteiger charge is -2.26. The number of carbonyl (C=O) groups is 1. The van der Waals surface area contributed by atoms with Gasteiger partial charge in [0.2, 0.25) is 0 Å². The van der Waals surface area contributed by atoms with Crippen LogP contribution in [0.4, 0.5) is 0 Å². The highest BCUT2D eigenvalue weighted by Crippen LogP contribution is 2.00. The average molecular weight is 196 g/mol. The Labute approximate surface area is 80.3 Å². The molecule has 6 nitrogen and oxygen atoms in total. The Balaban J connectivity index is 2.10. The van der Waals surface area contributed by atoms with Gasteiger partial charge >= 0.3 is 5.69 Å². The van der Waals surface area contributed by atoms with Crippen molar-refractivity contribution in [1.29, 1.82) is 0 Å². The fourth-order valence-electron chi connectivity index (χ4n) is 1.49. The Morgan fingerprint density at radius 3 is 2.64 bits per heavy atom. The van der Waals surface area contributed by atoms with Crippen molar-refractivity contribution in [2.45, 2.75) is 0 Å². The smallest absolute Gasteiger partial charge is 0.323 e. The molecule has 0 spiro atoms. The van der Waals surface area contributed by atoms with Crippen LogP contribution in [0.2, 0.25) is 0 Å². The second-order valence-corrected chi connectivity index (χ2v) is 3.20. The van der Waals surface area contributed by atoms with E-state index in [0.29, 0.717) is 18.8 Å². The normalized spacial score (nSPS) is 17.0. The molecular weight excluding hydrogens is 184 g/mol. The van der Waals surface area contributed by atoms with E-state index in [1.165, 1.54) is 6.20 Å². The van der Waals surface area contributed by atoms with Crippen molar-refractivity contribution in [3.8, 4) is 0 Å². The van der Waals surface area contributed by atoms with Gasteiger partial charge in [0, 0.05) is 32.4 Å². The van der Waals surface area contributed by atoms with E-state index in [0.717, 1.165) is 13.1 Å². The van der Waals surface area contributed by atoms with Crippen molar-refractivity contribution < 1.29 is 4.79 Å². The van der Waals surface area contributed by atoms with E-state index in [2.05, 4.69) is 15.3 Å². The quantitative estimate of drug-likeness (QED) is 0.525. The first-order valence-electron chi connectivity index (χ1n) is 4.55. The van der Waals surface area contributed by atoms with Gasteiger partial charge in [0.15, 0.2) is 0 Å². The second-order valence-electron chi connectivity index (χ2n) is 3.20. The number of amides is 1. The maximum absolute atomic E-state index is 11.7. The number of H-pyrrole nitrogens is 2. The topological polar surface area (TPSA) is 81.0 Å². The van der Waals surface area contributed by atoms with Crippen LogP contribution in [0.1, 0.15) is 10.5 Å². The largest absolute Gasteiger partial charge is 0.335 e. The maximum atomic E-state index is 11.7. The van der Waals surface area contributed by atoms with Crippen LogP contribution < -0.4 is 11.0 Å². The zero-order chi connectivity index (χ0) is 9.97. The van der Waals surface area contributed by atoms with Crippen LogP contribution in [0.3, 0.4) is 0 Å². The highest BCUT2D eigenvalue weighted by molar-refractivity contribution is 5.92. The highest BCUT2D eigenvalue weighted by Gasteiger charge is 2.18. The van der Waals surface area contributed by atoms with Crippen molar-refractivity contribution in [3.63, 3.8) is 0 Å². The second kappa shape index (κ2) is 3.67. The average Bonchev–Trinajstić information content (AvgIpc) is 2.65. The molecule has 2 heterocycles. The molecule has 0 aromatic carbocycles. The standard InChI is InChI=1S/C8H12N4O2/c13-7(6-5-10-8(14)11-6)12-3-1-9-2-4-12/h5,9H,1-4H2,(H2,10,11,14). The summed E-state index contributed by atoms with van der Waals surface area (Å²) < 4.78 is 0. The monoisotopic (exact) mass is 196 g/mol. The highest BCUT2D eigenvalue weighted by atomic mass is 16.2. The summed E-state index contributed by atoms with van der Waals surface area (Å²) in [4.78, 5) is 29.1. The van der Waals surface area contributed by atoms with Gasteiger partial charge in [-0.1, -0.05) is 0 Å². The van der Waals surface area contributed by atoms with E-state index in [9.17, 15) is 9.59 Å². The minimum Gasteiger partial charge on any atom is -0.335 e. The van der Waals surface area contributed by atoms with E-state index in [-0.39, 0.29) is 11.6 Å². The van der Waals surface area contributed by atoms with Gasteiger partial charge in [-0.25, -0.2) is 4.79 Å². The third-order valence-corrected chi connectivity index (χ3v) is 2.23. The molecule has 1 fully saturated rings. The van der Waals surface area contributed by atoms with Gasteiger partial charge in [0.25, 0.3) is 5.91 Å². The van der Waals surface area contributed by atoms with Crippen molar-refractivity contribution >= 4 is 5.91 Å². The van der Waals surface area contributed by atoms with Crippen LogP contribution in [0.15, 0.2) is 11.0 Å². The first kappa shape index (κ1) is 9.01. The summed E-state index contributed by atoms with van der Waals surface area (Å²) in [6, 6.07) is 0. The molecule has 0 aliphatic carbocycles. The SMILES string of the molecule is O=C(c1c[nH]c(=O)[nH]1)N1CCNCC1. The number of hydrogen-bond donors (Lipinski definition) is 3. The molecule has 0 unspecified atom stereocenters. The molecule has 0 radical (unpaired) electrons. The van der Waals surface area contributed by atoms with E-state index in [1.54, 1.807) is 4.90 Å². The van der Waals surface area contributed by atoms with Crippen molar-refractivity contribution in [3.05, 3.63) is 22.4 Å². The van der Waals surface area contributed by atoms with E-state index in [1.807, 2.05) is 0 Å². The Kier molecular flexibility index (Phi) is 2.36. The number of hydrogen-bond acceptors (Lipinski definition) is 3. The molecule has 1 aliphatic rings. The predicted molar refractivity (Wildman–Crippen MR) is 50.2 cm³/mol. The van der Waals surface area contributed by atoms with Crippen LogP contribution in [-0.2, 0) is 0 Å². The van der Waals surface area contributed by atoms with Gasteiger partial charge < -0.3 is 20.2 Å². The van der Waals surface area contributed by atoms with E-state index < -0.39 is 0 Å². The fraction of sp³-hybridized carbons (Fsp3) is 0.500. The minimum atomic E-state index is -0.344. The van der Waals surface area contributed by atoms with E-state index >= 15 is 0 Å². The number of aromatic amines is 2. The van der Waals surface area contributed by atoms with Crippen LogP contribution >= 0.6 is 0 Å². The van der Waals surface area contributed by atoms with Gasteiger partial charge in [-0.15, -0.1) is 0 Å². The molecular formula is C8H12N4O2. The summed E-state index contributed by atoms with van der Waals surface area (Å²) in [5.41, 5.74) is -0.0135. The number of carbonyl (C=O) groups excluding carboxylic acids is 1. The molecule has 0 saturated carbocycles. The summed E-state index contributed by atoms with van der Waals surface area (Å²) in [6.07, 6.45) is 1.41. The number of nitrogens with zero attached hydrogens (tertiary/aromatic N) is 1. The molecule has 14 heavy (non-hydrogen) atoms. The molecule has 6 heteroatoms. The third-order valence-electron chi connectivity index (χ3n) is 2.23. The first-order chi connectivity index (χ1) is 6.77. The van der Waals surface area contributed by atoms with Gasteiger partial charge in [0.05, 0.1) is 0 Å². The molecule has 3 N–H and O–H groups in total.